The summed E-state index contributed by atoms with van der Waals surface area (Å²) in [4.78, 5) is 12.3. The van der Waals surface area contributed by atoms with E-state index in [1.54, 1.807) is 18.2 Å². The second-order valence-corrected chi connectivity index (χ2v) is 7.36. The quantitative estimate of drug-likeness (QED) is 0.377. The summed E-state index contributed by atoms with van der Waals surface area (Å²) in [5, 5.41) is 29.1. The molecule has 2 rings (SSSR count). The molecule has 2 aromatic rings. The van der Waals surface area contributed by atoms with Crippen molar-refractivity contribution in [3.63, 3.8) is 0 Å². The summed E-state index contributed by atoms with van der Waals surface area (Å²) in [6.45, 7) is 5.98. The molecule has 3 N–H and O–H groups in total. The average molecular weight is 418 g/mol. The molecule has 0 aliphatic carbocycles. The summed E-state index contributed by atoms with van der Waals surface area (Å²) in [5.41, 5.74) is 1.69. The zero-order valence-electron chi connectivity index (χ0n) is 17.7. The molecule has 1 heterocycles. The monoisotopic (exact) mass is 418 g/mol. The van der Waals surface area contributed by atoms with Gasteiger partial charge >= 0.3 is 5.63 Å². The molecule has 0 bridgehead atoms. The maximum Gasteiger partial charge on any atom is 0.383 e. The van der Waals surface area contributed by atoms with Crippen LogP contribution in [0.25, 0.3) is 11.0 Å². The Kier molecular flexibility index (Phi) is 8.95. The molecule has 30 heavy (non-hydrogen) atoms. The Balaban J connectivity index is 2.13. The van der Waals surface area contributed by atoms with Crippen molar-refractivity contribution in [2.45, 2.75) is 46.1 Å². The molecule has 0 spiro atoms. The van der Waals surface area contributed by atoms with Crippen LogP contribution in [0.2, 0.25) is 0 Å². The summed E-state index contributed by atoms with van der Waals surface area (Å²) < 4.78 is 16.4. The fraction of sp³-hybridized carbons (Fsp3) is 0.435. The highest BCUT2D eigenvalue weighted by Crippen LogP contribution is 2.35. The van der Waals surface area contributed by atoms with Crippen LogP contribution in [-0.2, 0) is 0 Å². The highest BCUT2D eigenvalue weighted by molar-refractivity contribution is 5.89. The van der Waals surface area contributed by atoms with E-state index >= 15 is 0 Å². The molecule has 164 valence electrons. The molecule has 1 aromatic carbocycles. The molecule has 1 unspecified atom stereocenters. The van der Waals surface area contributed by atoms with Crippen LogP contribution in [0.4, 0.5) is 0 Å². The molecule has 1 atom stereocenters. The number of hydrogen-bond acceptors (Lipinski definition) is 7. The molecule has 7 nitrogen and oxygen atoms in total. The van der Waals surface area contributed by atoms with Crippen LogP contribution in [0.15, 0.2) is 50.7 Å². The summed E-state index contributed by atoms with van der Waals surface area (Å²) >= 11 is 0. The largest absolute Gasteiger partial charge is 0.504 e. The third-order valence-electron chi connectivity index (χ3n) is 4.50. The Bertz CT molecular complexity index is 952. The van der Waals surface area contributed by atoms with Gasteiger partial charge in [-0.15, -0.1) is 0 Å². The molecular formula is C23H30O7. The first kappa shape index (κ1) is 23.5. The number of fused-ring (bicyclic) bond motifs is 1. The molecule has 0 fully saturated rings. The molecule has 0 amide bonds. The minimum atomic E-state index is -0.890. The van der Waals surface area contributed by atoms with Crippen molar-refractivity contribution in [2.75, 3.05) is 19.8 Å². The molecule has 0 aliphatic heterocycles. The topological polar surface area (TPSA) is 109 Å². The van der Waals surface area contributed by atoms with E-state index in [1.165, 1.54) is 5.57 Å². The van der Waals surface area contributed by atoms with Crippen LogP contribution in [0.3, 0.4) is 0 Å². The van der Waals surface area contributed by atoms with Gasteiger partial charge in [0.2, 0.25) is 5.75 Å². The minimum absolute atomic E-state index is 0.0966. The van der Waals surface area contributed by atoms with E-state index in [2.05, 4.69) is 19.9 Å². The predicted octanol–water partition coefficient (Wildman–Crippen LogP) is 3.69. The van der Waals surface area contributed by atoms with E-state index in [0.717, 1.165) is 18.4 Å². The zero-order chi connectivity index (χ0) is 22.1. The summed E-state index contributed by atoms with van der Waals surface area (Å²) in [5.74, 6) is -0.298. The number of allylic oxidation sites excluding steroid dienone is 3. The third-order valence-corrected chi connectivity index (χ3v) is 4.50. The van der Waals surface area contributed by atoms with Crippen LogP contribution in [-0.4, -0.2) is 41.2 Å². The summed E-state index contributed by atoms with van der Waals surface area (Å²) in [7, 11) is 0. The molecular weight excluding hydrogens is 388 g/mol. The zero-order valence-corrected chi connectivity index (χ0v) is 17.7. The first-order chi connectivity index (χ1) is 14.3. The predicted molar refractivity (Wildman–Crippen MR) is 115 cm³/mol. The van der Waals surface area contributed by atoms with E-state index < -0.39 is 11.7 Å². The van der Waals surface area contributed by atoms with Gasteiger partial charge in [0.1, 0.15) is 6.61 Å². The van der Waals surface area contributed by atoms with Crippen molar-refractivity contribution in [1.29, 1.82) is 0 Å². The third kappa shape index (κ3) is 6.64. The molecule has 0 aliphatic rings. The Morgan fingerprint density at radius 2 is 1.97 bits per heavy atom. The van der Waals surface area contributed by atoms with E-state index in [1.807, 2.05) is 13.0 Å². The lowest BCUT2D eigenvalue weighted by molar-refractivity contribution is 0.0754. The van der Waals surface area contributed by atoms with Crippen LogP contribution in [0, 0.1) is 0 Å². The summed E-state index contributed by atoms with van der Waals surface area (Å²) in [6.07, 6.45) is 5.17. The van der Waals surface area contributed by atoms with Crippen molar-refractivity contribution in [1.82, 2.24) is 0 Å². The fourth-order valence-corrected chi connectivity index (χ4v) is 2.76. The van der Waals surface area contributed by atoms with Gasteiger partial charge in [-0.05, 0) is 51.8 Å². The maximum absolute atomic E-state index is 12.3. The van der Waals surface area contributed by atoms with Crippen molar-refractivity contribution in [3.05, 3.63) is 51.9 Å². The molecule has 1 aromatic heterocycles. The van der Waals surface area contributed by atoms with Crippen molar-refractivity contribution < 1.29 is 29.2 Å². The maximum atomic E-state index is 12.3. The number of aromatic hydroxyl groups is 1. The first-order valence-electron chi connectivity index (χ1n) is 9.95. The SMILES string of the molecule is CC(C)=CCC/C(C)=C/COc1c(O)c2cccc(OCCC(O)CO)c2oc1=O. The Morgan fingerprint density at radius 1 is 1.20 bits per heavy atom. The normalized spacial score (nSPS) is 12.6. The van der Waals surface area contributed by atoms with Gasteiger partial charge in [0.25, 0.3) is 0 Å². The van der Waals surface area contributed by atoms with Gasteiger partial charge in [-0.1, -0.05) is 23.3 Å². The van der Waals surface area contributed by atoms with Crippen LogP contribution in [0.1, 0.15) is 40.0 Å². The second kappa shape index (κ2) is 11.4. The van der Waals surface area contributed by atoms with Gasteiger partial charge < -0.3 is 29.2 Å². The number of rotatable bonds is 11. The highest BCUT2D eigenvalue weighted by Gasteiger charge is 2.18. The van der Waals surface area contributed by atoms with Gasteiger partial charge in [0.05, 0.1) is 24.7 Å². The van der Waals surface area contributed by atoms with Gasteiger partial charge in [-0.25, -0.2) is 4.79 Å². The number of aliphatic hydroxyl groups is 2. The van der Waals surface area contributed by atoms with Gasteiger partial charge in [-0.2, -0.15) is 0 Å². The van der Waals surface area contributed by atoms with Crippen LogP contribution < -0.4 is 15.1 Å². The van der Waals surface area contributed by atoms with Gasteiger partial charge in [-0.3, -0.25) is 0 Å². The van der Waals surface area contributed by atoms with Crippen LogP contribution in [0.5, 0.6) is 17.2 Å². The van der Waals surface area contributed by atoms with E-state index in [-0.39, 0.29) is 54.5 Å². The van der Waals surface area contributed by atoms with Crippen molar-refractivity contribution in [3.8, 4) is 17.2 Å². The molecule has 0 saturated carbocycles. The van der Waals surface area contributed by atoms with Crippen molar-refractivity contribution in [2.24, 2.45) is 0 Å². The lowest BCUT2D eigenvalue weighted by Gasteiger charge is -2.12. The number of ether oxygens (including phenoxy) is 2. The van der Waals surface area contributed by atoms with E-state index in [0.29, 0.717) is 0 Å². The Hall–Kier alpha value is -2.77. The van der Waals surface area contributed by atoms with Crippen LogP contribution >= 0.6 is 0 Å². The number of aliphatic hydroxyl groups excluding tert-OH is 2. The second-order valence-electron chi connectivity index (χ2n) is 7.36. The molecule has 7 heteroatoms. The highest BCUT2D eigenvalue weighted by atomic mass is 16.5. The Morgan fingerprint density at radius 3 is 2.67 bits per heavy atom. The smallest absolute Gasteiger partial charge is 0.383 e. The first-order valence-corrected chi connectivity index (χ1v) is 9.95. The Labute approximate surface area is 175 Å². The number of benzene rings is 1. The summed E-state index contributed by atoms with van der Waals surface area (Å²) in [6, 6.07) is 4.84. The lowest BCUT2D eigenvalue weighted by Crippen LogP contribution is -2.16. The lowest BCUT2D eigenvalue weighted by atomic mass is 10.1. The van der Waals surface area contributed by atoms with Gasteiger partial charge in [0.15, 0.2) is 17.1 Å². The molecule has 0 radical (unpaired) electrons. The van der Waals surface area contributed by atoms with E-state index in [9.17, 15) is 15.0 Å². The minimum Gasteiger partial charge on any atom is -0.504 e. The number of hydrogen-bond donors (Lipinski definition) is 3. The average Bonchev–Trinajstić information content (AvgIpc) is 2.70. The van der Waals surface area contributed by atoms with Crippen molar-refractivity contribution >= 4 is 11.0 Å². The molecule has 0 saturated heterocycles. The van der Waals surface area contributed by atoms with E-state index in [4.69, 9.17) is 19.0 Å². The fourth-order valence-electron chi connectivity index (χ4n) is 2.76. The number of para-hydroxylation sites is 1. The standard InChI is InChI=1S/C23H30O7/c1-15(2)6-4-7-16(3)10-12-29-22-20(26)18-8-5-9-19(21(18)30-23(22)27)28-13-11-17(25)14-24/h5-6,8-10,17,24-26H,4,7,11-14H2,1-3H3/b16-10+. The van der Waals surface area contributed by atoms with Gasteiger partial charge in [0, 0.05) is 6.42 Å².